The fourth-order valence-corrected chi connectivity index (χ4v) is 12.7. The summed E-state index contributed by atoms with van der Waals surface area (Å²) in [5.74, 6) is 3.17. The third kappa shape index (κ3) is 11.5. The normalized spacial score (nSPS) is 22.0. The zero-order valence-electron chi connectivity index (χ0n) is 44.5. The summed E-state index contributed by atoms with van der Waals surface area (Å²) in [7, 11) is 3.38. The van der Waals surface area contributed by atoms with E-state index in [2.05, 4.69) is 86.3 Å². The van der Waals surface area contributed by atoms with E-state index in [0.29, 0.717) is 75.4 Å². The molecule has 2 aromatic heterocycles. The number of amides is 3. The number of hydrogen-bond acceptors (Lipinski definition) is 15. The molecule has 4 aromatic rings. The van der Waals surface area contributed by atoms with Crippen molar-refractivity contribution in [1.82, 2.24) is 35.5 Å². The molecule has 5 aliphatic rings. The molecule has 5 heterocycles. The highest BCUT2D eigenvalue weighted by Crippen LogP contribution is 2.56. The van der Waals surface area contributed by atoms with E-state index in [4.69, 9.17) is 30.8 Å². The predicted molar refractivity (Wildman–Crippen MR) is 289 cm³/mol. The van der Waals surface area contributed by atoms with E-state index >= 15 is 0 Å². The van der Waals surface area contributed by atoms with Crippen molar-refractivity contribution >= 4 is 58.4 Å². The van der Waals surface area contributed by atoms with Crippen LogP contribution in [0.15, 0.2) is 55.0 Å². The zero-order valence-corrected chi connectivity index (χ0v) is 45.3. The molecule has 4 fully saturated rings. The first kappa shape index (κ1) is 53.5. The van der Waals surface area contributed by atoms with E-state index in [0.717, 1.165) is 103 Å². The number of likely N-dealkylation sites (N-methyl/N-ethyl adjacent to an activating group) is 1. The molecule has 2 saturated carbocycles. The maximum atomic E-state index is 13.5. The van der Waals surface area contributed by atoms with Gasteiger partial charge in [0.2, 0.25) is 17.8 Å². The Morgan fingerprint density at radius 3 is 2.24 bits per heavy atom. The molecule has 75 heavy (non-hydrogen) atoms. The molecule has 2 aromatic carbocycles. The van der Waals surface area contributed by atoms with Gasteiger partial charge in [-0.05, 0) is 87.6 Å². The van der Waals surface area contributed by atoms with Gasteiger partial charge in [0.25, 0.3) is 11.8 Å². The first-order valence-electron chi connectivity index (χ1n) is 26.8. The first-order chi connectivity index (χ1) is 36.1. The molecular formula is C56H73ClN12O6. The van der Waals surface area contributed by atoms with Crippen LogP contribution in [0.2, 0.25) is 5.02 Å². The zero-order chi connectivity index (χ0) is 53.0. The van der Waals surface area contributed by atoms with E-state index in [1.165, 1.54) is 0 Å². The summed E-state index contributed by atoms with van der Waals surface area (Å²) < 4.78 is 18.3. The highest BCUT2D eigenvalue weighted by molar-refractivity contribution is 6.31. The van der Waals surface area contributed by atoms with Crippen LogP contribution in [0.3, 0.4) is 0 Å². The molecule has 9 rings (SSSR count). The number of rotatable bonds is 18. The lowest BCUT2D eigenvalue weighted by atomic mass is 9.49. The van der Waals surface area contributed by atoms with E-state index < -0.39 is 0 Å². The lowest BCUT2D eigenvalue weighted by Gasteiger charge is -2.63. The number of nitriles is 1. The van der Waals surface area contributed by atoms with Gasteiger partial charge in [0, 0.05) is 99.4 Å². The minimum atomic E-state index is -0.383. The Balaban J connectivity index is 0.659. The molecule has 19 heteroatoms. The number of carbonyl (C=O) groups is 3. The average molecular weight is 1050 g/mol. The Hall–Kier alpha value is -6.29. The summed E-state index contributed by atoms with van der Waals surface area (Å²) in [5.41, 5.74) is 1.90. The predicted octanol–water partition coefficient (Wildman–Crippen LogP) is 8.18. The molecule has 3 amide bonds. The summed E-state index contributed by atoms with van der Waals surface area (Å²) in [4.78, 5) is 67.5. The maximum absolute atomic E-state index is 13.5. The number of nitrogens with one attached hydrogen (secondary N) is 3. The van der Waals surface area contributed by atoms with Crippen molar-refractivity contribution in [2.45, 2.75) is 129 Å². The number of hydrogen-bond donors (Lipinski definition) is 3. The number of anilines is 5. The van der Waals surface area contributed by atoms with Gasteiger partial charge in [-0.3, -0.25) is 14.4 Å². The van der Waals surface area contributed by atoms with Crippen LogP contribution in [-0.4, -0.2) is 133 Å². The van der Waals surface area contributed by atoms with Crippen molar-refractivity contribution in [3.63, 3.8) is 0 Å². The lowest BCUT2D eigenvalue weighted by molar-refractivity contribution is -0.164. The summed E-state index contributed by atoms with van der Waals surface area (Å²) in [6.07, 6.45) is 14.6. The van der Waals surface area contributed by atoms with Crippen LogP contribution < -0.4 is 40.1 Å². The van der Waals surface area contributed by atoms with Crippen molar-refractivity contribution in [2.24, 2.45) is 16.7 Å². The SMILES string of the molecule is CCC1C(=O)N(C)c2cnc(Nc3ccc(C(=O)NC4CCN(CCOCCC5CCN(c6ncc(C(=O)NC7C(C)(C)C(Oc8ccc(C#N)c(Cl)c8)C7(C)C)cn6)CC5)CC4)cc3OC)nc2N1C1CCCC1. The highest BCUT2D eigenvalue weighted by atomic mass is 35.5. The highest BCUT2D eigenvalue weighted by Gasteiger charge is 2.64. The Morgan fingerprint density at radius 1 is 0.867 bits per heavy atom. The molecule has 2 aliphatic carbocycles. The molecule has 3 aliphatic heterocycles. The molecule has 1 atom stereocenters. The number of methoxy groups -OCH3 is 1. The van der Waals surface area contributed by atoms with Gasteiger partial charge in [-0.2, -0.15) is 10.2 Å². The van der Waals surface area contributed by atoms with Gasteiger partial charge >= 0.3 is 0 Å². The fourth-order valence-electron chi connectivity index (χ4n) is 12.4. The summed E-state index contributed by atoms with van der Waals surface area (Å²) in [5, 5.41) is 19.4. The second-order valence-corrected chi connectivity index (χ2v) is 22.5. The Labute approximate surface area is 446 Å². The van der Waals surface area contributed by atoms with Gasteiger partial charge in [-0.25, -0.2) is 15.0 Å². The third-order valence-corrected chi connectivity index (χ3v) is 16.8. The maximum Gasteiger partial charge on any atom is 0.254 e. The van der Waals surface area contributed by atoms with Crippen LogP contribution in [0.1, 0.15) is 125 Å². The van der Waals surface area contributed by atoms with Gasteiger partial charge in [0.05, 0.1) is 41.8 Å². The molecule has 0 bridgehead atoms. The number of nitrogens with zero attached hydrogens (tertiary/aromatic N) is 9. The van der Waals surface area contributed by atoms with Gasteiger partial charge < -0.3 is 49.8 Å². The quantitative estimate of drug-likeness (QED) is 0.0805. The minimum Gasteiger partial charge on any atom is -0.495 e. The number of benzene rings is 2. The molecule has 0 spiro atoms. The van der Waals surface area contributed by atoms with Crippen molar-refractivity contribution in [3.05, 3.63) is 76.7 Å². The van der Waals surface area contributed by atoms with E-state index in [1.54, 1.807) is 68.0 Å². The molecule has 3 N–H and O–H groups in total. The van der Waals surface area contributed by atoms with E-state index in [9.17, 15) is 19.6 Å². The van der Waals surface area contributed by atoms with Crippen molar-refractivity contribution in [2.75, 3.05) is 80.1 Å². The number of likely N-dealkylation sites (tertiary alicyclic amines) is 1. The summed E-state index contributed by atoms with van der Waals surface area (Å²) in [6, 6.07) is 12.4. The standard InChI is InChI=1S/C56H73ClN12O6/c1-8-44-50(72)66(6)45-34-59-53(64-47(45)69(44)40-11-9-10-12-40)63-43-16-14-36(29-46(43)73-7)48(70)62-39-19-22-67(23-20-39)26-28-74-27-21-35-17-24-68(25-18-35)54-60-32-38(33-61-54)49(71)65-51-55(2,3)52(56(51,4)5)75-41-15-13-37(31-58)42(57)30-41/h13-16,29-30,32-35,39-40,44,51-52H,8-12,17-28H2,1-7H3,(H,62,70)(H,65,71)(H,59,63,64). The summed E-state index contributed by atoms with van der Waals surface area (Å²) in [6.45, 7) is 16.1. The van der Waals surface area contributed by atoms with Crippen LogP contribution in [0.25, 0.3) is 0 Å². The second kappa shape index (κ2) is 22.9. The molecule has 2 saturated heterocycles. The first-order valence-corrected chi connectivity index (χ1v) is 27.2. The van der Waals surface area contributed by atoms with Crippen LogP contribution in [0.4, 0.5) is 29.1 Å². The van der Waals surface area contributed by atoms with Gasteiger partial charge in [-0.15, -0.1) is 0 Å². The van der Waals surface area contributed by atoms with Crippen molar-refractivity contribution in [1.29, 1.82) is 5.26 Å². The number of aromatic nitrogens is 4. The monoisotopic (exact) mass is 1040 g/mol. The van der Waals surface area contributed by atoms with Crippen LogP contribution >= 0.6 is 11.6 Å². The van der Waals surface area contributed by atoms with E-state index in [-0.39, 0.29) is 58.8 Å². The van der Waals surface area contributed by atoms with E-state index in [1.807, 2.05) is 6.07 Å². The minimum absolute atomic E-state index is 0.0726. The Morgan fingerprint density at radius 2 is 1.57 bits per heavy atom. The topological polar surface area (TPSA) is 203 Å². The van der Waals surface area contributed by atoms with Crippen molar-refractivity contribution < 1.29 is 28.6 Å². The molecule has 0 radical (unpaired) electrons. The smallest absolute Gasteiger partial charge is 0.254 e. The molecule has 18 nitrogen and oxygen atoms in total. The fraction of sp³-hybridized carbons (Fsp3) is 0.571. The van der Waals surface area contributed by atoms with Gasteiger partial charge in [0.1, 0.15) is 35.4 Å². The lowest BCUT2D eigenvalue weighted by Crippen LogP contribution is -2.74. The third-order valence-electron chi connectivity index (χ3n) is 16.5. The van der Waals surface area contributed by atoms with Crippen molar-refractivity contribution in [3.8, 4) is 17.6 Å². The van der Waals surface area contributed by atoms with Crippen LogP contribution in [0.5, 0.6) is 11.5 Å². The van der Waals surface area contributed by atoms with Crippen LogP contribution in [0, 0.1) is 28.1 Å². The Bertz CT molecular complexity index is 2720. The van der Waals surface area contributed by atoms with Gasteiger partial charge in [0.15, 0.2) is 5.82 Å². The Kier molecular flexibility index (Phi) is 16.3. The molecule has 400 valence electrons. The van der Waals surface area contributed by atoms with Crippen LogP contribution in [-0.2, 0) is 9.53 Å². The number of ether oxygens (including phenoxy) is 3. The number of fused-ring (bicyclic) bond motifs is 1. The van der Waals surface area contributed by atoms with Gasteiger partial charge in [-0.1, -0.05) is 59.1 Å². The number of carbonyl (C=O) groups excluding carboxylic acids is 3. The largest absolute Gasteiger partial charge is 0.495 e. The average Bonchev–Trinajstić information content (AvgIpc) is 3.96. The summed E-state index contributed by atoms with van der Waals surface area (Å²) >= 11 is 6.26. The second-order valence-electron chi connectivity index (χ2n) is 22.1. The molecule has 1 unspecified atom stereocenters. The number of halogens is 1. The number of piperidine rings is 2. The molecular weight excluding hydrogens is 972 g/mol.